The first-order valence-electron chi connectivity index (χ1n) is 7.39. The molecule has 0 aromatic heterocycles. The maximum absolute atomic E-state index is 11.6. The monoisotopic (exact) mass is 290 g/mol. The van der Waals surface area contributed by atoms with Gasteiger partial charge in [0.2, 0.25) is 0 Å². The zero-order chi connectivity index (χ0) is 15.7. The van der Waals surface area contributed by atoms with Gasteiger partial charge in [-0.1, -0.05) is 36.4 Å². The van der Waals surface area contributed by atoms with E-state index in [1.54, 1.807) is 6.08 Å². The third-order valence-electron chi connectivity index (χ3n) is 3.05. The third kappa shape index (κ3) is 7.09. The molecule has 116 valence electrons. The highest BCUT2D eigenvalue weighted by Crippen LogP contribution is 2.16. The molecule has 0 radical (unpaired) electrons. The van der Waals surface area contributed by atoms with E-state index in [-0.39, 0.29) is 12.1 Å². The van der Waals surface area contributed by atoms with Crippen molar-refractivity contribution >= 4 is 5.97 Å². The van der Waals surface area contributed by atoms with E-state index in [0.29, 0.717) is 13.2 Å². The highest BCUT2D eigenvalue weighted by molar-refractivity contribution is 5.75. The number of carbonyl (C=O) groups is 1. The third-order valence-corrected chi connectivity index (χ3v) is 3.05. The molecule has 1 aromatic carbocycles. The fourth-order valence-corrected chi connectivity index (χ4v) is 1.71. The van der Waals surface area contributed by atoms with E-state index in [9.17, 15) is 4.79 Å². The summed E-state index contributed by atoms with van der Waals surface area (Å²) in [4.78, 5) is 11.6. The highest BCUT2D eigenvalue weighted by Gasteiger charge is 2.22. The van der Waals surface area contributed by atoms with E-state index in [1.807, 2.05) is 51.1 Å². The van der Waals surface area contributed by atoms with Crippen molar-refractivity contribution in [1.29, 1.82) is 0 Å². The van der Waals surface area contributed by atoms with Crippen molar-refractivity contribution in [3.8, 4) is 0 Å². The predicted octanol–water partition coefficient (Wildman–Crippen LogP) is 4.13. The number of hydrogen-bond donors (Lipinski definition) is 0. The zero-order valence-corrected chi connectivity index (χ0v) is 13.3. The van der Waals surface area contributed by atoms with Gasteiger partial charge in [0, 0.05) is 0 Å². The van der Waals surface area contributed by atoms with E-state index in [0.717, 1.165) is 18.4 Å². The molecule has 0 bridgehead atoms. The maximum atomic E-state index is 11.6. The summed E-state index contributed by atoms with van der Waals surface area (Å²) in [6.45, 7) is 10.3. The van der Waals surface area contributed by atoms with Crippen LogP contribution >= 0.6 is 0 Å². The molecule has 1 atom stereocenters. The first-order valence-corrected chi connectivity index (χ1v) is 7.39. The second kappa shape index (κ2) is 8.63. The molecule has 0 saturated heterocycles. The zero-order valence-electron chi connectivity index (χ0n) is 13.3. The lowest BCUT2D eigenvalue weighted by atomic mass is 9.97. The Hall–Kier alpha value is -1.61. The SMILES string of the molecule is C=C[C@H](CCCOC(=O)C(C)(C)C)OCc1ccccc1. The lowest BCUT2D eigenvalue weighted by molar-refractivity contribution is -0.153. The number of carbonyl (C=O) groups excluding carboxylic acids is 1. The van der Waals surface area contributed by atoms with Crippen LogP contribution in [0.25, 0.3) is 0 Å². The molecule has 0 amide bonds. The van der Waals surface area contributed by atoms with Gasteiger partial charge in [-0.05, 0) is 39.2 Å². The van der Waals surface area contributed by atoms with Gasteiger partial charge in [-0.25, -0.2) is 0 Å². The molecular formula is C18H26O3. The van der Waals surface area contributed by atoms with Crippen LogP contribution in [0.1, 0.15) is 39.2 Å². The molecule has 1 rings (SSSR count). The Labute approximate surface area is 128 Å². The van der Waals surface area contributed by atoms with Crippen molar-refractivity contribution in [3.63, 3.8) is 0 Å². The van der Waals surface area contributed by atoms with Crippen LogP contribution in [0.15, 0.2) is 43.0 Å². The average Bonchev–Trinajstić information content (AvgIpc) is 2.46. The second-order valence-electron chi connectivity index (χ2n) is 6.10. The van der Waals surface area contributed by atoms with Crippen LogP contribution in [-0.4, -0.2) is 18.7 Å². The topological polar surface area (TPSA) is 35.5 Å². The largest absolute Gasteiger partial charge is 0.465 e. The Morgan fingerprint density at radius 1 is 1.29 bits per heavy atom. The molecule has 0 aliphatic carbocycles. The minimum Gasteiger partial charge on any atom is -0.465 e. The smallest absolute Gasteiger partial charge is 0.311 e. The van der Waals surface area contributed by atoms with Crippen molar-refractivity contribution in [2.75, 3.05) is 6.61 Å². The maximum Gasteiger partial charge on any atom is 0.311 e. The summed E-state index contributed by atoms with van der Waals surface area (Å²) in [6.07, 6.45) is 3.36. The van der Waals surface area contributed by atoms with Gasteiger partial charge in [0.05, 0.1) is 24.7 Å². The predicted molar refractivity (Wildman–Crippen MR) is 84.9 cm³/mol. The summed E-state index contributed by atoms with van der Waals surface area (Å²) >= 11 is 0. The van der Waals surface area contributed by atoms with Crippen LogP contribution < -0.4 is 0 Å². The van der Waals surface area contributed by atoms with Gasteiger partial charge < -0.3 is 9.47 Å². The van der Waals surface area contributed by atoms with Gasteiger partial charge in [0.25, 0.3) is 0 Å². The fourth-order valence-electron chi connectivity index (χ4n) is 1.71. The molecule has 0 N–H and O–H groups in total. The Bertz CT molecular complexity index is 432. The van der Waals surface area contributed by atoms with Crippen LogP contribution in [0, 0.1) is 5.41 Å². The number of hydrogen-bond acceptors (Lipinski definition) is 3. The minimum atomic E-state index is -0.443. The lowest BCUT2D eigenvalue weighted by Gasteiger charge is -2.17. The van der Waals surface area contributed by atoms with Crippen LogP contribution in [0.2, 0.25) is 0 Å². The molecule has 0 spiro atoms. The van der Waals surface area contributed by atoms with Gasteiger partial charge >= 0.3 is 5.97 Å². The summed E-state index contributed by atoms with van der Waals surface area (Å²) in [7, 11) is 0. The molecular weight excluding hydrogens is 264 g/mol. The fraction of sp³-hybridized carbons (Fsp3) is 0.500. The molecule has 0 aliphatic heterocycles. The summed E-state index contributed by atoms with van der Waals surface area (Å²) in [5.74, 6) is -0.164. The molecule has 0 saturated carbocycles. The van der Waals surface area contributed by atoms with Crippen molar-refractivity contribution in [2.24, 2.45) is 5.41 Å². The van der Waals surface area contributed by atoms with Crippen molar-refractivity contribution in [2.45, 2.75) is 46.3 Å². The molecule has 0 aliphatic rings. The molecule has 0 fully saturated rings. The molecule has 0 unspecified atom stereocenters. The standard InChI is InChI=1S/C18H26O3/c1-5-16(21-14-15-10-7-6-8-11-15)12-9-13-20-17(19)18(2,3)4/h5-8,10-11,16H,1,9,12-14H2,2-4H3/t16-/m1/s1. The van der Waals surface area contributed by atoms with E-state index < -0.39 is 5.41 Å². The number of ether oxygens (including phenoxy) is 2. The van der Waals surface area contributed by atoms with Crippen LogP contribution in [0.4, 0.5) is 0 Å². The lowest BCUT2D eigenvalue weighted by Crippen LogP contribution is -2.23. The summed E-state index contributed by atoms with van der Waals surface area (Å²) in [6, 6.07) is 10.0. The summed E-state index contributed by atoms with van der Waals surface area (Å²) in [5, 5.41) is 0. The Morgan fingerprint density at radius 3 is 2.52 bits per heavy atom. The summed E-state index contributed by atoms with van der Waals surface area (Å²) in [5.41, 5.74) is 0.699. The number of benzene rings is 1. The molecule has 1 aromatic rings. The van der Waals surface area contributed by atoms with Gasteiger partial charge in [0.15, 0.2) is 0 Å². The van der Waals surface area contributed by atoms with Gasteiger partial charge in [0.1, 0.15) is 0 Å². The van der Waals surface area contributed by atoms with Crippen molar-refractivity contribution in [3.05, 3.63) is 48.6 Å². The minimum absolute atomic E-state index is 0.0152. The Balaban J connectivity index is 2.23. The van der Waals surface area contributed by atoms with Crippen molar-refractivity contribution in [1.82, 2.24) is 0 Å². The van der Waals surface area contributed by atoms with Gasteiger partial charge in [-0.3, -0.25) is 4.79 Å². The molecule has 21 heavy (non-hydrogen) atoms. The highest BCUT2D eigenvalue weighted by atomic mass is 16.5. The van der Waals surface area contributed by atoms with E-state index >= 15 is 0 Å². The second-order valence-corrected chi connectivity index (χ2v) is 6.10. The first kappa shape index (κ1) is 17.4. The number of esters is 1. The average molecular weight is 290 g/mol. The van der Waals surface area contributed by atoms with Crippen LogP contribution in [-0.2, 0) is 20.9 Å². The van der Waals surface area contributed by atoms with Crippen molar-refractivity contribution < 1.29 is 14.3 Å². The molecule has 3 heteroatoms. The van der Waals surface area contributed by atoms with Gasteiger partial charge in [-0.2, -0.15) is 0 Å². The first-order chi connectivity index (χ1) is 9.93. The Morgan fingerprint density at radius 2 is 1.95 bits per heavy atom. The number of rotatable bonds is 8. The van der Waals surface area contributed by atoms with E-state index in [4.69, 9.17) is 9.47 Å². The summed E-state index contributed by atoms with van der Waals surface area (Å²) < 4.78 is 11.0. The van der Waals surface area contributed by atoms with E-state index in [2.05, 4.69) is 6.58 Å². The quantitative estimate of drug-likeness (QED) is 0.410. The van der Waals surface area contributed by atoms with Gasteiger partial charge in [-0.15, -0.1) is 6.58 Å². The van der Waals surface area contributed by atoms with Crippen LogP contribution in [0.3, 0.4) is 0 Å². The molecule has 0 heterocycles. The normalized spacial score (nSPS) is 12.7. The van der Waals surface area contributed by atoms with E-state index in [1.165, 1.54) is 0 Å². The molecule has 3 nitrogen and oxygen atoms in total. The van der Waals surface area contributed by atoms with Crippen LogP contribution in [0.5, 0.6) is 0 Å². The Kier molecular flexibility index (Phi) is 7.17.